The van der Waals surface area contributed by atoms with E-state index >= 15 is 0 Å². The van der Waals surface area contributed by atoms with Gasteiger partial charge in [0.25, 0.3) is 5.91 Å². The SMILES string of the molecule is CCCCC1CN(CC2CCCCC2)C(=O)OC12CCN(C1(C)CCN(C(=O)c3c(C)nc(-c4ccccc4)nc3C)CC1)CC2. The maximum Gasteiger partial charge on any atom is 0.410 e. The topological polar surface area (TPSA) is 78.9 Å². The summed E-state index contributed by atoms with van der Waals surface area (Å²) in [6, 6.07) is 9.94. The molecule has 3 aliphatic heterocycles. The minimum Gasteiger partial charge on any atom is -0.442 e. The Hall–Kier alpha value is -3.00. The van der Waals surface area contributed by atoms with Gasteiger partial charge >= 0.3 is 6.09 Å². The lowest BCUT2D eigenvalue weighted by molar-refractivity contribution is -0.134. The molecule has 3 saturated heterocycles. The van der Waals surface area contributed by atoms with E-state index in [4.69, 9.17) is 14.7 Å². The zero-order valence-corrected chi connectivity index (χ0v) is 28.7. The first-order valence-electron chi connectivity index (χ1n) is 18.1. The lowest BCUT2D eigenvalue weighted by Gasteiger charge is -2.55. The first-order valence-corrected chi connectivity index (χ1v) is 18.1. The summed E-state index contributed by atoms with van der Waals surface area (Å²) in [5, 5.41) is 0. The molecule has 4 heterocycles. The summed E-state index contributed by atoms with van der Waals surface area (Å²) in [5.74, 6) is 1.75. The van der Waals surface area contributed by atoms with Gasteiger partial charge in [0.05, 0.1) is 17.0 Å². The molecule has 4 aliphatic rings. The fourth-order valence-corrected chi connectivity index (χ4v) is 8.81. The van der Waals surface area contributed by atoms with Gasteiger partial charge in [-0.05, 0) is 58.8 Å². The van der Waals surface area contributed by atoms with Gasteiger partial charge in [-0.3, -0.25) is 9.69 Å². The number of benzene rings is 1. The summed E-state index contributed by atoms with van der Waals surface area (Å²) in [5.41, 5.74) is 2.77. The molecule has 1 aromatic carbocycles. The highest BCUT2D eigenvalue weighted by Crippen LogP contribution is 2.44. The molecule has 0 bridgehead atoms. The number of hydrogen-bond donors (Lipinski definition) is 0. The van der Waals surface area contributed by atoms with Crippen molar-refractivity contribution in [3.63, 3.8) is 0 Å². The molecule has 8 heteroatoms. The van der Waals surface area contributed by atoms with Gasteiger partial charge in [-0.15, -0.1) is 0 Å². The second kappa shape index (κ2) is 14.0. The number of rotatable bonds is 8. The number of unbranched alkanes of at least 4 members (excludes halogenated alkanes) is 1. The lowest BCUT2D eigenvalue weighted by Crippen LogP contribution is -2.63. The van der Waals surface area contributed by atoms with Gasteiger partial charge < -0.3 is 14.5 Å². The van der Waals surface area contributed by atoms with Crippen LogP contribution in [0.5, 0.6) is 0 Å². The normalized spacial score (nSPS) is 23.8. The number of carbonyl (C=O) groups excluding carboxylic acids is 2. The van der Waals surface area contributed by atoms with Crippen LogP contribution in [0.4, 0.5) is 4.79 Å². The maximum atomic E-state index is 13.8. The van der Waals surface area contributed by atoms with Crippen molar-refractivity contribution in [1.82, 2.24) is 24.7 Å². The van der Waals surface area contributed by atoms with E-state index < -0.39 is 0 Å². The van der Waals surface area contributed by atoms with E-state index in [1.165, 1.54) is 44.9 Å². The monoisotopic (exact) mass is 629 g/mol. The van der Waals surface area contributed by atoms with Gasteiger partial charge in [-0.25, -0.2) is 14.8 Å². The van der Waals surface area contributed by atoms with Crippen molar-refractivity contribution in [1.29, 1.82) is 0 Å². The molecular weight excluding hydrogens is 574 g/mol. The van der Waals surface area contributed by atoms with Crippen molar-refractivity contribution < 1.29 is 14.3 Å². The molecule has 1 aliphatic carbocycles. The molecule has 4 fully saturated rings. The molecule has 0 N–H and O–H groups in total. The molecule has 6 rings (SSSR count). The molecule has 2 aromatic rings. The van der Waals surface area contributed by atoms with Gasteiger partial charge in [0, 0.05) is 69.1 Å². The van der Waals surface area contributed by atoms with Crippen LogP contribution < -0.4 is 0 Å². The number of hydrogen-bond acceptors (Lipinski definition) is 6. The van der Waals surface area contributed by atoms with Crippen LogP contribution in [-0.2, 0) is 4.74 Å². The zero-order valence-electron chi connectivity index (χ0n) is 28.7. The predicted octanol–water partition coefficient (Wildman–Crippen LogP) is 7.43. The molecule has 0 radical (unpaired) electrons. The predicted molar refractivity (Wildman–Crippen MR) is 182 cm³/mol. The van der Waals surface area contributed by atoms with Gasteiger partial charge in [0.1, 0.15) is 5.60 Å². The quantitative estimate of drug-likeness (QED) is 0.302. The molecular formula is C38H55N5O3. The Balaban J connectivity index is 1.07. The van der Waals surface area contributed by atoms with E-state index in [2.05, 4.69) is 23.6 Å². The highest BCUT2D eigenvalue weighted by molar-refractivity contribution is 5.96. The second-order valence-corrected chi connectivity index (χ2v) is 14.9. The summed E-state index contributed by atoms with van der Waals surface area (Å²) >= 11 is 0. The molecule has 2 amide bonds. The van der Waals surface area contributed by atoms with Gasteiger partial charge in [-0.2, -0.15) is 0 Å². The molecule has 1 atom stereocenters. The molecule has 1 aromatic heterocycles. The van der Waals surface area contributed by atoms with Crippen molar-refractivity contribution in [3.05, 3.63) is 47.3 Å². The molecule has 250 valence electrons. The van der Waals surface area contributed by atoms with Crippen molar-refractivity contribution in [2.45, 2.75) is 116 Å². The highest BCUT2D eigenvalue weighted by Gasteiger charge is 2.51. The number of nitrogens with zero attached hydrogens (tertiary/aromatic N) is 5. The van der Waals surface area contributed by atoms with Crippen LogP contribution >= 0.6 is 0 Å². The van der Waals surface area contributed by atoms with Crippen LogP contribution in [-0.4, -0.2) is 87.1 Å². The standard InChI is InChI=1S/C38H55N5O3/c1-5-6-17-32-27-42(26-30-13-9-7-10-14-30)36(45)46-38(32)20-24-43(25-21-38)37(4)18-22-41(23-19-37)35(44)33-28(2)39-34(40-29(33)3)31-15-11-8-12-16-31/h8,11-12,15-16,30,32H,5-7,9-10,13-14,17-27H2,1-4H3. The first-order chi connectivity index (χ1) is 22.2. The summed E-state index contributed by atoms with van der Waals surface area (Å²) in [7, 11) is 0. The van der Waals surface area contributed by atoms with Gasteiger partial charge in [0.15, 0.2) is 5.82 Å². The van der Waals surface area contributed by atoms with Crippen LogP contribution in [0.1, 0.15) is 113 Å². The Morgan fingerprint density at radius 3 is 2.22 bits per heavy atom. The second-order valence-electron chi connectivity index (χ2n) is 14.9. The van der Waals surface area contributed by atoms with Gasteiger partial charge in [-0.1, -0.05) is 69.4 Å². The van der Waals surface area contributed by atoms with E-state index in [0.29, 0.717) is 23.2 Å². The summed E-state index contributed by atoms with van der Waals surface area (Å²) < 4.78 is 6.50. The zero-order chi connectivity index (χ0) is 32.3. The van der Waals surface area contributed by atoms with Crippen LogP contribution in [0.15, 0.2) is 30.3 Å². The first kappa shape index (κ1) is 32.9. The van der Waals surface area contributed by atoms with Crippen LogP contribution in [0.2, 0.25) is 0 Å². The fourth-order valence-electron chi connectivity index (χ4n) is 8.81. The number of piperidine rings is 2. The molecule has 1 unspecified atom stereocenters. The highest BCUT2D eigenvalue weighted by atomic mass is 16.6. The van der Waals surface area contributed by atoms with E-state index in [9.17, 15) is 9.59 Å². The Labute approximate surface area is 276 Å². The molecule has 1 spiro atoms. The van der Waals surface area contributed by atoms with Crippen molar-refractivity contribution >= 4 is 12.0 Å². The third-order valence-electron chi connectivity index (χ3n) is 11.9. The Morgan fingerprint density at radius 1 is 0.935 bits per heavy atom. The number of likely N-dealkylation sites (tertiary alicyclic amines) is 2. The van der Waals surface area contributed by atoms with Gasteiger partial charge in [0.2, 0.25) is 0 Å². The third-order valence-corrected chi connectivity index (χ3v) is 11.9. The van der Waals surface area contributed by atoms with Crippen LogP contribution in [0.25, 0.3) is 11.4 Å². The summed E-state index contributed by atoms with van der Waals surface area (Å²) in [4.78, 5) is 43.3. The largest absolute Gasteiger partial charge is 0.442 e. The van der Waals surface area contributed by atoms with Crippen LogP contribution in [0, 0.1) is 25.7 Å². The Kier molecular flexibility index (Phi) is 10.0. The minimum atomic E-state index is -0.334. The van der Waals surface area contributed by atoms with Crippen molar-refractivity contribution in [2.75, 3.05) is 39.3 Å². The van der Waals surface area contributed by atoms with E-state index in [0.717, 1.165) is 88.3 Å². The number of aryl methyl sites for hydroxylation is 2. The van der Waals surface area contributed by atoms with E-state index in [-0.39, 0.29) is 23.1 Å². The Bertz CT molecular complexity index is 1330. The lowest BCUT2D eigenvalue weighted by atomic mass is 9.74. The third kappa shape index (κ3) is 6.83. The Morgan fingerprint density at radius 2 is 1.59 bits per heavy atom. The molecule has 8 nitrogen and oxygen atoms in total. The summed E-state index contributed by atoms with van der Waals surface area (Å²) in [6.07, 6.45) is 13.5. The summed E-state index contributed by atoms with van der Waals surface area (Å²) in [6.45, 7) is 13.5. The molecule has 1 saturated carbocycles. The number of amides is 2. The number of aromatic nitrogens is 2. The smallest absolute Gasteiger partial charge is 0.410 e. The van der Waals surface area contributed by atoms with E-state index in [1.54, 1.807) is 0 Å². The van der Waals surface area contributed by atoms with Crippen LogP contribution in [0.3, 0.4) is 0 Å². The average molecular weight is 630 g/mol. The molecule has 46 heavy (non-hydrogen) atoms. The number of ether oxygens (including phenoxy) is 1. The average Bonchev–Trinajstić information content (AvgIpc) is 3.06. The van der Waals surface area contributed by atoms with E-state index in [1.807, 2.05) is 49.1 Å². The minimum absolute atomic E-state index is 0.0285. The number of carbonyl (C=O) groups is 2. The van der Waals surface area contributed by atoms with Crippen molar-refractivity contribution in [2.24, 2.45) is 11.8 Å². The fraction of sp³-hybridized carbons (Fsp3) is 0.684. The van der Waals surface area contributed by atoms with Crippen molar-refractivity contribution in [3.8, 4) is 11.4 Å². The maximum absolute atomic E-state index is 13.8.